The maximum Gasteiger partial charge on any atom is 0.231 e. The highest BCUT2D eigenvalue weighted by Gasteiger charge is 2.15. The average Bonchev–Trinajstić information content (AvgIpc) is 2.86. The molecule has 0 fully saturated rings. The largest absolute Gasteiger partial charge is 0.454 e. The molecule has 96 valence electrons. The van der Waals surface area contributed by atoms with E-state index in [9.17, 15) is 4.79 Å². The smallest absolute Gasteiger partial charge is 0.231 e. The predicted molar refractivity (Wildman–Crippen MR) is 72.3 cm³/mol. The zero-order chi connectivity index (χ0) is 13.2. The first-order chi connectivity index (χ1) is 9.24. The van der Waals surface area contributed by atoms with E-state index >= 15 is 0 Å². The summed E-state index contributed by atoms with van der Waals surface area (Å²) in [6.07, 6.45) is 0. The number of nitrogens with one attached hydrogen (secondary N) is 1. The molecule has 3 rings (SSSR count). The molecule has 0 spiro atoms. The van der Waals surface area contributed by atoms with Crippen molar-refractivity contribution in [1.82, 2.24) is 0 Å². The Morgan fingerprint density at radius 1 is 1.11 bits per heavy atom. The Kier molecular flexibility index (Phi) is 2.83. The van der Waals surface area contributed by atoms with Gasteiger partial charge in [0.1, 0.15) is 0 Å². The lowest BCUT2D eigenvalue weighted by Gasteiger charge is -2.10. The second-order valence-electron chi connectivity index (χ2n) is 4.29. The lowest BCUT2D eigenvalue weighted by molar-refractivity contribution is -0.114. The number of benzene rings is 2. The molecule has 1 aliphatic heterocycles. The molecule has 4 heteroatoms. The van der Waals surface area contributed by atoms with E-state index in [4.69, 9.17) is 9.47 Å². The Bertz CT molecular complexity index is 637. The molecule has 1 aliphatic rings. The summed E-state index contributed by atoms with van der Waals surface area (Å²) in [6.45, 7) is 1.75. The highest BCUT2D eigenvalue weighted by Crippen LogP contribution is 2.37. The summed E-state index contributed by atoms with van der Waals surface area (Å²) in [7, 11) is 0. The molecule has 19 heavy (non-hydrogen) atoms. The first-order valence-electron chi connectivity index (χ1n) is 6.01. The van der Waals surface area contributed by atoms with E-state index in [0.29, 0.717) is 0 Å². The molecular weight excluding hydrogens is 242 g/mol. The van der Waals surface area contributed by atoms with Crippen LogP contribution in [0.1, 0.15) is 6.92 Å². The van der Waals surface area contributed by atoms with Crippen molar-refractivity contribution in [3.63, 3.8) is 0 Å². The molecule has 0 aliphatic carbocycles. The Labute approximate surface area is 111 Å². The van der Waals surface area contributed by atoms with Gasteiger partial charge in [0.2, 0.25) is 12.7 Å². The number of rotatable bonds is 2. The first-order valence-corrected chi connectivity index (χ1v) is 6.01. The Morgan fingerprint density at radius 2 is 1.89 bits per heavy atom. The van der Waals surface area contributed by atoms with Gasteiger partial charge in [-0.2, -0.15) is 0 Å². The Balaban J connectivity index is 2.04. The molecule has 1 heterocycles. The van der Waals surface area contributed by atoms with E-state index in [1.165, 1.54) is 6.92 Å². The van der Waals surface area contributed by atoms with Crippen molar-refractivity contribution >= 4 is 11.6 Å². The molecule has 1 amide bonds. The van der Waals surface area contributed by atoms with Crippen LogP contribution in [-0.2, 0) is 4.79 Å². The summed E-state index contributed by atoms with van der Waals surface area (Å²) < 4.78 is 10.7. The Hall–Kier alpha value is -2.49. The predicted octanol–water partition coefficient (Wildman–Crippen LogP) is 3.04. The number of hydrogen-bond donors (Lipinski definition) is 1. The number of carbonyl (C=O) groups is 1. The topological polar surface area (TPSA) is 47.6 Å². The van der Waals surface area contributed by atoms with Crippen molar-refractivity contribution in [1.29, 1.82) is 0 Å². The summed E-state index contributed by atoms with van der Waals surface area (Å²) >= 11 is 0. The molecule has 2 aromatic rings. The van der Waals surface area contributed by atoms with Gasteiger partial charge in [0.05, 0.1) is 0 Å². The second-order valence-corrected chi connectivity index (χ2v) is 4.29. The summed E-state index contributed by atoms with van der Waals surface area (Å²) in [5.74, 6) is 1.39. The fraction of sp³-hybridized carbons (Fsp3) is 0.133. The summed E-state index contributed by atoms with van der Waals surface area (Å²) in [5.41, 5.74) is 2.72. The van der Waals surface area contributed by atoms with Crippen molar-refractivity contribution in [3.8, 4) is 22.6 Å². The molecule has 4 nitrogen and oxygen atoms in total. The van der Waals surface area contributed by atoms with Crippen LogP contribution >= 0.6 is 0 Å². The third-order valence-corrected chi connectivity index (χ3v) is 2.92. The number of para-hydroxylation sites is 1. The molecular formula is C15H13NO3. The number of amides is 1. The Morgan fingerprint density at radius 3 is 2.74 bits per heavy atom. The van der Waals surface area contributed by atoms with Gasteiger partial charge in [0.15, 0.2) is 11.5 Å². The summed E-state index contributed by atoms with van der Waals surface area (Å²) in [6, 6.07) is 13.4. The molecule has 0 bridgehead atoms. The summed E-state index contributed by atoms with van der Waals surface area (Å²) in [5, 5.41) is 2.83. The zero-order valence-electron chi connectivity index (χ0n) is 10.5. The van der Waals surface area contributed by atoms with Gasteiger partial charge in [-0.3, -0.25) is 4.79 Å². The minimum absolute atomic E-state index is 0.0896. The molecule has 2 aromatic carbocycles. The van der Waals surface area contributed by atoms with Crippen LogP contribution in [0.4, 0.5) is 5.69 Å². The maximum absolute atomic E-state index is 11.2. The van der Waals surface area contributed by atoms with E-state index in [1.807, 2.05) is 42.5 Å². The maximum atomic E-state index is 11.2. The van der Waals surface area contributed by atoms with Crippen LogP contribution in [-0.4, -0.2) is 12.7 Å². The van der Waals surface area contributed by atoms with Crippen LogP contribution in [0.2, 0.25) is 0 Å². The lowest BCUT2D eigenvalue weighted by atomic mass is 10.0. The van der Waals surface area contributed by atoms with Gasteiger partial charge in [-0.25, -0.2) is 0 Å². The number of fused-ring (bicyclic) bond motifs is 1. The van der Waals surface area contributed by atoms with E-state index in [2.05, 4.69) is 5.32 Å². The van der Waals surface area contributed by atoms with Gasteiger partial charge < -0.3 is 14.8 Å². The highest BCUT2D eigenvalue weighted by molar-refractivity contribution is 5.94. The molecule has 0 saturated carbocycles. The number of hydrogen-bond acceptors (Lipinski definition) is 3. The third-order valence-electron chi connectivity index (χ3n) is 2.92. The van der Waals surface area contributed by atoms with Crippen LogP contribution < -0.4 is 14.8 Å². The quantitative estimate of drug-likeness (QED) is 0.897. The van der Waals surface area contributed by atoms with Gasteiger partial charge in [0, 0.05) is 18.2 Å². The second kappa shape index (κ2) is 4.65. The van der Waals surface area contributed by atoms with Gasteiger partial charge >= 0.3 is 0 Å². The number of carbonyl (C=O) groups excluding carboxylic acids is 1. The van der Waals surface area contributed by atoms with Crippen LogP contribution in [0, 0.1) is 0 Å². The van der Waals surface area contributed by atoms with Gasteiger partial charge in [-0.1, -0.05) is 24.3 Å². The minimum Gasteiger partial charge on any atom is -0.454 e. The van der Waals surface area contributed by atoms with Gasteiger partial charge in [-0.15, -0.1) is 0 Å². The van der Waals surface area contributed by atoms with Crippen LogP contribution in [0.25, 0.3) is 11.1 Å². The normalized spacial score (nSPS) is 12.3. The zero-order valence-corrected chi connectivity index (χ0v) is 10.5. The third kappa shape index (κ3) is 2.25. The van der Waals surface area contributed by atoms with Gasteiger partial charge in [-0.05, 0) is 23.8 Å². The summed E-state index contributed by atoms with van der Waals surface area (Å²) in [4.78, 5) is 11.2. The lowest BCUT2D eigenvalue weighted by Crippen LogP contribution is -2.06. The van der Waals surface area contributed by atoms with Crippen molar-refractivity contribution in [2.45, 2.75) is 6.92 Å². The number of ether oxygens (including phenoxy) is 2. The standard InChI is InChI=1S/C15H13NO3/c1-10(17)16-13-5-3-2-4-12(13)11-6-7-14-15(8-11)19-9-18-14/h2-8H,9H2,1H3,(H,16,17). The molecule has 0 atom stereocenters. The number of anilines is 1. The monoisotopic (exact) mass is 255 g/mol. The molecule has 1 N–H and O–H groups in total. The van der Waals surface area contributed by atoms with Crippen LogP contribution in [0.15, 0.2) is 42.5 Å². The van der Waals surface area contributed by atoms with Crippen molar-refractivity contribution in [2.75, 3.05) is 12.1 Å². The fourth-order valence-corrected chi connectivity index (χ4v) is 2.10. The van der Waals surface area contributed by atoms with E-state index in [1.54, 1.807) is 0 Å². The molecule has 0 aromatic heterocycles. The molecule has 0 radical (unpaired) electrons. The van der Waals surface area contributed by atoms with Crippen molar-refractivity contribution in [2.24, 2.45) is 0 Å². The fourth-order valence-electron chi connectivity index (χ4n) is 2.10. The van der Waals surface area contributed by atoms with Crippen LogP contribution in [0.3, 0.4) is 0 Å². The molecule has 0 unspecified atom stereocenters. The van der Waals surface area contributed by atoms with Crippen LogP contribution in [0.5, 0.6) is 11.5 Å². The molecule has 0 saturated heterocycles. The minimum atomic E-state index is -0.0896. The van der Waals surface area contributed by atoms with E-state index < -0.39 is 0 Å². The van der Waals surface area contributed by atoms with E-state index in [-0.39, 0.29) is 12.7 Å². The SMILES string of the molecule is CC(=O)Nc1ccccc1-c1ccc2c(c1)OCO2. The van der Waals surface area contributed by atoms with Crippen molar-refractivity contribution in [3.05, 3.63) is 42.5 Å². The average molecular weight is 255 g/mol. The van der Waals surface area contributed by atoms with Gasteiger partial charge in [0.25, 0.3) is 0 Å². The highest BCUT2D eigenvalue weighted by atomic mass is 16.7. The first kappa shape index (κ1) is 11.6. The van der Waals surface area contributed by atoms with E-state index in [0.717, 1.165) is 28.3 Å². The van der Waals surface area contributed by atoms with Crippen molar-refractivity contribution < 1.29 is 14.3 Å².